The van der Waals surface area contributed by atoms with E-state index in [9.17, 15) is 9.59 Å². The number of aryl methyl sites for hydroxylation is 1. The number of carbonyl (C=O) groups is 1. The van der Waals surface area contributed by atoms with Gasteiger partial charge in [0.2, 0.25) is 0 Å². The summed E-state index contributed by atoms with van der Waals surface area (Å²) < 4.78 is 6.43. The van der Waals surface area contributed by atoms with Crippen molar-refractivity contribution in [2.45, 2.75) is 32.7 Å². The van der Waals surface area contributed by atoms with Gasteiger partial charge in [-0.05, 0) is 42.9 Å². The van der Waals surface area contributed by atoms with Crippen LogP contribution in [0.4, 0.5) is 0 Å². The molecule has 0 bridgehead atoms. The molecule has 0 spiro atoms. The number of amides is 1. The molecule has 4 rings (SSSR count). The van der Waals surface area contributed by atoms with Gasteiger partial charge in [-0.2, -0.15) is 5.10 Å². The maximum atomic E-state index is 12.8. The smallest absolute Gasteiger partial charge is 0.262 e. The molecule has 1 atom stereocenters. The van der Waals surface area contributed by atoms with Gasteiger partial charge in [-0.25, -0.2) is 10.4 Å². The van der Waals surface area contributed by atoms with Crippen molar-refractivity contribution in [2.24, 2.45) is 11.0 Å². The predicted octanol–water partition coefficient (Wildman–Crippen LogP) is 2.33. The molecule has 0 saturated carbocycles. The molecule has 0 radical (unpaired) electrons. The van der Waals surface area contributed by atoms with E-state index in [1.165, 1.54) is 28.2 Å². The van der Waals surface area contributed by atoms with Gasteiger partial charge in [0, 0.05) is 4.88 Å². The first kappa shape index (κ1) is 16.7. The van der Waals surface area contributed by atoms with E-state index in [4.69, 9.17) is 4.42 Å². The minimum atomic E-state index is -0.395. The Morgan fingerprint density at radius 1 is 1.58 bits per heavy atom. The molecule has 0 aromatic carbocycles. The zero-order valence-corrected chi connectivity index (χ0v) is 15.1. The fourth-order valence-corrected chi connectivity index (χ4v) is 4.54. The summed E-state index contributed by atoms with van der Waals surface area (Å²) in [6.07, 6.45) is 7.33. The molecule has 7 nitrogen and oxygen atoms in total. The van der Waals surface area contributed by atoms with Gasteiger partial charge in [-0.3, -0.25) is 14.2 Å². The molecule has 3 aromatic rings. The van der Waals surface area contributed by atoms with Crippen molar-refractivity contribution < 1.29 is 9.21 Å². The standard InChI is InChI=1S/C18H18N4O3S/c1-11-4-5-13-14(7-11)26-17-16(13)18(24)22(10-19-17)9-15(23)21-20-8-12-3-2-6-25-12/h2-3,6,8,10-11H,4-5,7,9H2,1H3,(H,21,23)/b20-8+. The summed E-state index contributed by atoms with van der Waals surface area (Å²) in [7, 11) is 0. The van der Waals surface area contributed by atoms with E-state index >= 15 is 0 Å². The van der Waals surface area contributed by atoms with Crippen LogP contribution in [0.5, 0.6) is 0 Å². The summed E-state index contributed by atoms with van der Waals surface area (Å²) in [5, 5.41) is 4.49. The molecule has 8 heteroatoms. The summed E-state index contributed by atoms with van der Waals surface area (Å²) in [6, 6.07) is 3.45. The number of fused-ring (bicyclic) bond motifs is 3. The van der Waals surface area contributed by atoms with Crippen LogP contribution >= 0.6 is 11.3 Å². The van der Waals surface area contributed by atoms with E-state index in [1.54, 1.807) is 23.5 Å². The van der Waals surface area contributed by atoms with E-state index in [1.807, 2.05) is 0 Å². The van der Waals surface area contributed by atoms with Gasteiger partial charge in [-0.15, -0.1) is 11.3 Å². The molecular weight excluding hydrogens is 352 g/mol. The van der Waals surface area contributed by atoms with Crippen LogP contribution in [0, 0.1) is 5.92 Å². The summed E-state index contributed by atoms with van der Waals surface area (Å²) in [4.78, 5) is 31.3. The molecule has 3 aromatic heterocycles. The van der Waals surface area contributed by atoms with Crippen LogP contribution in [0.15, 0.2) is 39.0 Å². The molecule has 1 amide bonds. The number of thiophene rings is 1. The SMILES string of the molecule is CC1CCc2c(sc3ncn(CC(=O)N/N=C/c4ccco4)c(=O)c23)C1. The van der Waals surface area contributed by atoms with Crippen molar-refractivity contribution in [3.63, 3.8) is 0 Å². The number of aromatic nitrogens is 2. The minimum Gasteiger partial charge on any atom is -0.463 e. The van der Waals surface area contributed by atoms with Gasteiger partial charge in [0.1, 0.15) is 17.1 Å². The van der Waals surface area contributed by atoms with E-state index in [2.05, 4.69) is 22.4 Å². The van der Waals surface area contributed by atoms with E-state index in [0.29, 0.717) is 17.1 Å². The molecule has 134 valence electrons. The third-order valence-corrected chi connectivity index (χ3v) is 5.68. The largest absolute Gasteiger partial charge is 0.463 e. The number of hydrazone groups is 1. The second-order valence-corrected chi connectivity index (χ2v) is 7.60. The number of nitrogens with one attached hydrogen (secondary N) is 1. The quantitative estimate of drug-likeness (QED) is 0.564. The Morgan fingerprint density at radius 3 is 3.27 bits per heavy atom. The van der Waals surface area contributed by atoms with Crippen LogP contribution in [0.3, 0.4) is 0 Å². The average Bonchev–Trinajstić information content (AvgIpc) is 3.24. The number of nitrogens with zero attached hydrogens (tertiary/aromatic N) is 3. The van der Waals surface area contributed by atoms with Gasteiger partial charge in [0.15, 0.2) is 0 Å². The van der Waals surface area contributed by atoms with E-state index in [0.717, 1.165) is 29.7 Å². The van der Waals surface area contributed by atoms with Gasteiger partial charge >= 0.3 is 0 Å². The zero-order valence-electron chi connectivity index (χ0n) is 14.3. The molecule has 0 aliphatic heterocycles. The lowest BCUT2D eigenvalue weighted by Crippen LogP contribution is -2.30. The van der Waals surface area contributed by atoms with Crippen LogP contribution < -0.4 is 11.0 Å². The first-order valence-corrected chi connectivity index (χ1v) is 9.28. The molecule has 1 unspecified atom stereocenters. The Bertz CT molecular complexity index is 1030. The maximum Gasteiger partial charge on any atom is 0.262 e. The van der Waals surface area contributed by atoms with Crippen molar-refractivity contribution in [1.82, 2.24) is 15.0 Å². The van der Waals surface area contributed by atoms with Gasteiger partial charge < -0.3 is 4.42 Å². The van der Waals surface area contributed by atoms with Crippen LogP contribution in [0.1, 0.15) is 29.5 Å². The number of carbonyl (C=O) groups excluding carboxylic acids is 1. The molecule has 26 heavy (non-hydrogen) atoms. The number of hydrogen-bond acceptors (Lipinski definition) is 6. The van der Waals surface area contributed by atoms with Gasteiger partial charge in [0.25, 0.3) is 11.5 Å². The average molecular weight is 370 g/mol. The predicted molar refractivity (Wildman–Crippen MR) is 99.5 cm³/mol. The second kappa shape index (κ2) is 6.87. The highest BCUT2D eigenvalue weighted by Gasteiger charge is 2.23. The Labute approximate surface area is 153 Å². The van der Waals surface area contributed by atoms with Crippen molar-refractivity contribution >= 4 is 33.7 Å². The Balaban J connectivity index is 1.54. The lowest BCUT2D eigenvalue weighted by atomic mass is 9.89. The van der Waals surface area contributed by atoms with Crippen LogP contribution in [0.2, 0.25) is 0 Å². The fourth-order valence-electron chi connectivity index (χ4n) is 3.20. The van der Waals surface area contributed by atoms with Crippen LogP contribution in [0.25, 0.3) is 10.2 Å². The van der Waals surface area contributed by atoms with Crippen LogP contribution in [-0.2, 0) is 24.2 Å². The number of rotatable bonds is 4. The number of furan rings is 1. The van der Waals surface area contributed by atoms with E-state index < -0.39 is 5.91 Å². The van der Waals surface area contributed by atoms with Crippen molar-refractivity contribution in [1.29, 1.82) is 0 Å². The zero-order chi connectivity index (χ0) is 18.1. The first-order chi connectivity index (χ1) is 12.6. The summed E-state index contributed by atoms with van der Waals surface area (Å²) >= 11 is 1.60. The first-order valence-electron chi connectivity index (χ1n) is 8.47. The highest BCUT2D eigenvalue weighted by atomic mass is 32.1. The third-order valence-electron chi connectivity index (χ3n) is 4.52. The Kier molecular flexibility index (Phi) is 4.42. The lowest BCUT2D eigenvalue weighted by Gasteiger charge is -2.17. The highest BCUT2D eigenvalue weighted by Crippen LogP contribution is 2.35. The molecule has 1 aliphatic rings. The number of hydrogen-bond donors (Lipinski definition) is 1. The fraction of sp³-hybridized carbons (Fsp3) is 0.333. The Hall–Kier alpha value is -2.74. The van der Waals surface area contributed by atoms with Crippen molar-refractivity contribution in [2.75, 3.05) is 0 Å². The normalized spacial score (nSPS) is 16.9. The Morgan fingerprint density at radius 2 is 2.46 bits per heavy atom. The maximum absolute atomic E-state index is 12.8. The van der Waals surface area contributed by atoms with E-state index in [-0.39, 0.29) is 12.1 Å². The molecule has 1 aliphatic carbocycles. The summed E-state index contributed by atoms with van der Waals surface area (Å²) in [5.74, 6) is 0.772. The highest BCUT2D eigenvalue weighted by molar-refractivity contribution is 7.18. The van der Waals surface area contributed by atoms with Gasteiger partial charge in [0.05, 0.1) is 24.2 Å². The van der Waals surface area contributed by atoms with Crippen LogP contribution in [-0.4, -0.2) is 21.7 Å². The summed E-state index contributed by atoms with van der Waals surface area (Å²) in [5.41, 5.74) is 3.35. The monoisotopic (exact) mass is 370 g/mol. The second-order valence-electron chi connectivity index (χ2n) is 6.52. The van der Waals surface area contributed by atoms with Crippen molar-refractivity contribution in [3.8, 4) is 0 Å². The third kappa shape index (κ3) is 3.20. The summed E-state index contributed by atoms with van der Waals surface area (Å²) in [6.45, 7) is 2.10. The molecular formula is C18H18N4O3S. The van der Waals surface area contributed by atoms with Crippen molar-refractivity contribution in [3.05, 3.63) is 51.3 Å². The topological polar surface area (TPSA) is 89.5 Å². The minimum absolute atomic E-state index is 0.127. The molecule has 1 N–H and O–H groups in total. The molecule has 3 heterocycles. The molecule has 0 fully saturated rings. The van der Waals surface area contributed by atoms with Gasteiger partial charge in [-0.1, -0.05) is 6.92 Å². The molecule has 0 saturated heterocycles. The lowest BCUT2D eigenvalue weighted by molar-refractivity contribution is -0.121.